The van der Waals surface area contributed by atoms with Crippen LogP contribution in [-0.4, -0.2) is 46.2 Å². The highest BCUT2D eigenvalue weighted by atomic mass is 19.1. The number of aromatic nitrogens is 1. The van der Waals surface area contributed by atoms with Crippen molar-refractivity contribution in [3.63, 3.8) is 0 Å². The van der Waals surface area contributed by atoms with Gasteiger partial charge in [-0.2, -0.15) is 0 Å². The summed E-state index contributed by atoms with van der Waals surface area (Å²) in [6.07, 6.45) is 1.65. The third-order valence-corrected chi connectivity index (χ3v) is 9.98. The van der Waals surface area contributed by atoms with Gasteiger partial charge in [0.15, 0.2) is 6.10 Å². The van der Waals surface area contributed by atoms with E-state index in [4.69, 9.17) is 14.5 Å². The Kier molecular flexibility index (Phi) is 10.1. The van der Waals surface area contributed by atoms with E-state index in [1.54, 1.807) is 6.07 Å². The first-order valence-electron chi connectivity index (χ1n) is 17.7. The van der Waals surface area contributed by atoms with Crippen LogP contribution in [0, 0.1) is 25.1 Å². The molecule has 3 aromatic carbocycles. The van der Waals surface area contributed by atoms with Gasteiger partial charge >= 0.3 is 5.97 Å². The van der Waals surface area contributed by atoms with Gasteiger partial charge < -0.3 is 19.5 Å². The smallest absolute Gasteiger partial charge is 0.337 e. The molecule has 0 amide bonds. The van der Waals surface area contributed by atoms with Crippen molar-refractivity contribution in [2.75, 3.05) is 24.5 Å². The highest BCUT2D eigenvalue weighted by Crippen LogP contribution is 2.45. The summed E-state index contributed by atoms with van der Waals surface area (Å²) in [7, 11) is 0. The predicted molar refractivity (Wildman–Crippen MR) is 196 cm³/mol. The minimum Gasteiger partial charge on any atom is -0.479 e. The zero-order chi connectivity index (χ0) is 35.8. The van der Waals surface area contributed by atoms with Crippen LogP contribution in [-0.2, 0) is 29.0 Å². The number of anilines is 1. The fourth-order valence-corrected chi connectivity index (χ4v) is 7.28. The Balaban J connectivity index is 1.35. The van der Waals surface area contributed by atoms with Crippen molar-refractivity contribution in [2.45, 2.75) is 92.5 Å². The van der Waals surface area contributed by atoms with Crippen molar-refractivity contribution in [1.29, 1.82) is 0 Å². The van der Waals surface area contributed by atoms with Gasteiger partial charge in [-0.1, -0.05) is 56.3 Å². The number of piperidine rings is 1. The summed E-state index contributed by atoms with van der Waals surface area (Å²) in [5, 5.41) is 10.5. The van der Waals surface area contributed by atoms with Crippen molar-refractivity contribution < 1.29 is 23.8 Å². The van der Waals surface area contributed by atoms with Crippen molar-refractivity contribution in [3.05, 3.63) is 106 Å². The SMILES string of the molecule is Cc1nc(C)c([C@H](OC(C)(C)C)C(=O)O)c(N2CCC(C)(C)CC2)c1-c1ccc2c(c1)CCN(Cc1c(F)cccc1Oc1ccccc1)C2. The fourth-order valence-electron chi connectivity index (χ4n) is 7.28. The molecule has 1 aromatic heterocycles. The average molecular weight is 680 g/mol. The molecule has 1 N–H and O–H groups in total. The maximum atomic E-state index is 15.2. The molecule has 264 valence electrons. The second-order valence-electron chi connectivity index (χ2n) is 15.6. The molecule has 50 heavy (non-hydrogen) atoms. The highest BCUT2D eigenvalue weighted by Gasteiger charge is 2.36. The lowest BCUT2D eigenvalue weighted by Gasteiger charge is -2.41. The molecule has 6 rings (SSSR count). The normalized spacial score (nSPS) is 16.9. The molecule has 1 atom stereocenters. The van der Waals surface area contributed by atoms with Gasteiger partial charge in [0.25, 0.3) is 0 Å². The molecule has 0 aliphatic carbocycles. The Morgan fingerprint density at radius 2 is 1.68 bits per heavy atom. The molecule has 1 fully saturated rings. The number of carboxylic acid groups (broad SMARTS) is 1. The van der Waals surface area contributed by atoms with Gasteiger partial charge in [-0.3, -0.25) is 9.88 Å². The number of nitrogens with zero attached hydrogens (tertiary/aromatic N) is 3. The Morgan fingerprint density at radius 1 is 0.960 bits per heavy atom. The molecular weight excluding hydrogens is 629 g/mol. The second-order valence-corrected chi connectivity index (χ2v) is 15.6. The van der Waals surface area contributed by atoms with E-state index in [0.717, 1.165) is 61.4 Å². The lowest BCUT2D eigenvalue weighted by molar-refractivity contribution is -0.160. The summed E-state index contributed by atoms with van der Waals surface area (Å²) in [5.74, 6) is -0.0937. The Hall–Kier alpha value is -4.27. The predicted octanol–water partition coefficient (Wildman–Crippen LogP) is 9.42. The molecule has 0 spiro atoms. The number of fused-ring (bicyclic) bond motifs is 1. The quantitative estimate of drug-likeness (QED) is 0.189. The van der Waals surface area contributed by atoms with Crippen LogP contribution in [0.3, 0.4) is 0 Å². The number of carboxylic acids is 1. The zero-order valence-corrected chi connectivity index (χ0v) is 30.5. The van der Waals surface area contributed by atoms with Crippen molar-refractivity contribution in [2.24, 2.45) is 5.41 Å². The van der Waals surface area contributed by atoms with E-state index in [1.165, 1.54) is 17.2 Å². The molecule has 0 unspecified atom stereocenters. The van der Waals surface area contributed by atoms with Crippen LogP contribution in [0.2, 0.25) is 0 Å². The summed E-state index contributed by atoms with van der Waals surface area (Å²) in [6.45, 7) is 17.7. The number of carbonyl (C=O) groups is 1. The number of benzene rings is 3. The molecule has 0 radical (unpaired) electrons. The first-order chi connectivity index (χ1) is 23.7. The van der Waals surface area contributed by atoms with E-state index in [2.05, 4.69) is 41.8 Å². The van der Waals surface area contributed by atoms with Crippen molar-refractivity contribution >= 4 is 11.7 Å². The van der Waals surface area contributed by atoms with Gasteiger partial charge in [0, 0.05) is 60.8 Å². The number of aliphatic carboxylic acids is 1. The number of para-hydroxylation sites is 1. The summed E-state index contributed by atoms with van der Waals surface area (Å²) in [6, 6.07) is 21.0. The van der Waals surface area contributed by atoms with E-state index in [9.17, 15) is 9.90 Å². The first-order valence-corrected chi connectivity index (χ1v) is 17.7. The number of aryl methyl sites for hydroxylation is 2. The number of ether oxygens (including phenoxy) is 2. The maximum Gasteiger partial charge on any atom is 0.337 e. The number of halogens is 1. The number of hydrogen-bond donors (Lipinski definition) is 1. The lowest BCUT2D eigenvalue weighted by atomic mass is 9.81. The summed E-state index contributed by atoms with van der Waals surface area (Å²) in [5.41, 5.74) is 7.62. The molecule has 2 aliphatic rings. The van der Waals surface area contributed by atoms with Gasteiger partial charge in [0.1, 0.15) is 17.3 Å². The van der Waals surface area contributed by atoms with E-state index >= 15 is 4.39 Å². The van der Waals surface area contributed by atoms with Crippen LogP contribution in [0.1, 0.15) is 87.2 Å². The maximum absolute atomic E-state index is 15.2. The molecule has 0 saturated carbocycles. The van der Waals surface area contributed by atoms with Gasteiger partial charge in [0.2, 0.25) is 0 Å². The number of pyridine rings is 1. The van der Waals surface area contributed by atoms with Crippen molar-refractivity contribution in [3.8, 4) is 22.6 Å². The molecule has 1 saturated heterocycles. The van der Waals surface area contributed by atoms with Crippen LogP contribution >= 0.6 is 0 Å². The Morgan fingerprint density at radius 3 is 2.36 bits per heavy atom. The van der Waals surface area contributed by atoms with Crippen molar-refractivity contribution in [1.82, 2.24) is 9.88 Å². The summed E-state index contributed by atoms with van der Waals surface area (Å²) < 4.78 is 27.6. The second kappa shape index (κ2) is 14.2. The zero-order valence-electron chi connectivity index (χ0n) is 30.5. The number of rotatable bonds is 9. The van der Waals surface area contributed by atoms with Crippen LogP contribution in [0.5, 0.6) is 11.5 Å². The molecule has 3 heterocycles. The van der Waals surface area contributed by atoms with Gasteiger partial charge in [-0.15, -0.1) is 0 Å². The largest absolute Gasteiger partial charge is 0.479 e. The van der Waals surface area contributed by atoms with E-state index < -0.39 is 17.7 Å². The highest BCUT2D eigenvalue weighted by molar-refractivity contribution is 5.88. The minimum absolute atomic E-state index is 0.219. The monoisotopic (exact) mass is 679 g/mol. The molecular formula is C42H50FN3O4. The average Bonchev–Trinajstić information content (AvgIpc) is 3.05. The van der Waals surface area contributed by atoms with E-state index in [1.807, 2.05) is 71.0 Å². The minimum atomic E-state index is -1.16. The molecule has 4 aromatic rings. The Bertz CT molecular complexity index is 1860. The van der Waals surface area contributed by atoms with Gasteiger partial charge in [-0.05, 0) is 100 Å². The van der Waals surface area contributed by atoms with Gasteiger partial charge in [-0.25, -0.2) is 9.18 Å². The topological polar surface area (TPSA) is 75.1 Å². The van der Waals surface area contributed by atoms with E-state index in [0.29, 0.717) is 41.4 Å². The van der Waals surface area contributed by atoms with Crippen LogP contribution in [0.15, 0.2) is 66.7 Å². The summed E-state index contributed by atoms with van der Waals surface area (Å²) in [4.78, 5) is 22.5. The third-order valence-electron chi connectivity index (χ3n) is 9.98. The molecule has 7 nitrogen and oxygen atoms in total. The fraction of sp³-hybridized carbons (Fsp3) is 0.429. The van der Waals surface area contributed by atoms with Crippen LogP contribution in [0.25, 0.3) is 11.1 Å². The summed E-state index contributed by atoms with van der Waals surface area (Å²) >= 11 is 0. The standard InChI is InChI=1S/C42H50FN3O4/c1-27-36(38(46-22-19-42(6,7)20-23-46)37(28(2)44-27)39(40(47)48)50-41(3,4)5)30-16-17-31-25-45(21-18-29(31)24-30)26-33-34(43)14-11-15-35(33)49-32-12-9-8-10-13-32/h8-17,24,39H,18-23,25-26H2,1-7H3,(H,47,48)/t39-/m0/s1. The van der Waals surface area contributed by atoms with Gasteiger partial charge in [0.05, 0.1) is 11.3 Å². The molecule has 2 aliphatic heterocycles. The molecule has 8 heteroatoms. The first kappa shape index (κ1) is 35.6. The molecule has 0 bridgehead atoms. The van der Waals surface area contributed by atoms with Crippen LogP contribution < -0.4 is 9.64 Å². The number of hydrogen-bond acceptors (Lipinski definition) is 6. The van der Waals surface area contributed by atoms with E-state index in [-0.39, 0.29) is 11.2 Å². The van der Waals surface area contributed by atoms with Crippen LogP contribution in [0.4, 0.5) is 10.1 Å². The Labute approximate surface area is 296 Å². The third kappa shape index (κ3) is 7.87. The lowest BCUT2D eigenvalue weighted by Crippen LogP contribution is -2.39.